The molecule has 0 aliphatic heterocycles. The predicted octanol–water partition coefficient (Wildman–Crippen LogP) is 1.44. The van der Waals surface area contributed by atoms with E-state index in [0.29, 0.717) is 17.9 Å². The zero-order valence-electron chi connectivity index (χ0n) is 10.1. The average Bonchev–Trinajstić information content (AvgIpc) is 2.46. The van der Waals surface area contributed by atoms with Crippen LogP contribution in [0.5, 0.6) is 0 Å². The number of rotatable bonds is 4. The van der Waals surface area contributed by atoms with E-state index in [1.54, 1.807) is 24.3 Å². The lowest BCUT2D eigenvalue weighted by Crippen LogP contribution is -2.25. The molecule has 0 saturated heterocycles. The number of pyridine rings is 1. The maximum Gasteiger partial charge on any atom is 0.255 e. The Balaban J connectivity index is 2.03. The van der Waals surface area contributed by atoms with Crippen molar-refractivity contribution in [2.24, 2.45) is 5.84 Å². The molecule has 19 heavy (non-hydrogen) atoms. The highest BCUT2D eigenvalue weighted by Crippen LogP contribution is 2.10. The fourth-order valence-corrected chi connectivity index (χ4v) is 1.58. The van der Waals surface area contributed by atoms with E-state index in [1.165, 1.54) is 18.3 Å². The SMILES string of the molecule is NNc1ncccc1C(=O)NCc1ccc(F)cc1. The van der Waals surface area contributed by atoms with E-state index in [9.17, 15) is 9.18 Å². The molecule has 0 spiro atoms. The Hall–Kier alpha value is -2.47. The number of aromatic nitrogens is 1. The van der Waals surface area contributed by atoms with Crippen molar-refractivity contribution in [1.29, 1.82) is 0 Å². The lowest BCUT2D eigenvalue weighted by atomic mass is 10.2. The van der Waals surface area contributed by atoms with Crippen molar-refractivity contribution in [3.63, 3.8) is 0 Å². The van der Waals surface area contributed by atoms with Crippen molar-refractivity contribution in [1.82, 2.24) is 10.3 Å². The third-order valence-electron chi connectivity index (χ3n) is 2.56. The summed E-state index contributed by atoms with van der Waals surface area (Å²) in [5, 5.41) is 2.71. The molecule has 5 nitrogen and oxygen atoms in total. The quantitative estimate of drug-likeness (QED) is 0.574. The summed E-state index contributed by atoms with van der Waals surface area (Å²) < 4.78 is 12.7. The molecular formula is C13H13FN4O. The van der Waals surface area contributed by atoms with Crippen LogP contribution in [0.15, 0.2) is 42.6 Å². The number of anilines is 1. The first kappa shape index (κ1) is 13.0. The molecule has 2 rings (SSSR count). The van der Waals surface area contributed by atoms with Gasteiger partial charge in [-0.3, -0.25) is 4.79 Å². The van der Waals surface area contributed by atoms with Gasteiger partial charge in [-0.2, -0.15) is 0 Å². The van der Waals surface area contributed by atoms with E-state index >= 15 is 0 Å². The molecule has 0 aliphatic rings. The molecule has 1 amide bonds. The highest BCUT2D eigenvalue weighted by atomic mass is 19.1. The number of carbonyl (C=O) groups excluding carboxylic acids is 1. The predicted molar refractivity (Wildman–Crippen MR) is 69.6 cm³/mol. The first-order chi connectivity index (χ1) is 9.20. The van der Waals surface area contributed by atoms with Gasteiger partial charge >= 0.3 is 0 Å². The van der Waals surface area contributed by atoms with Crippen LogP contribution in [-0.4, -0.2) is 10.9 Å². The maximum atomic E-state index is 12.7. The minimum absolute atomic E-state index is 0.301. The Kier molecular flexibility index (Phi) is 4.04. The van der Waals surface area contributed by atoms with Crippen LogP contribution >= 0.6 is 0 Å². The van der Waals surface area contributed by atoms with Gasteiger partial charge in [0.05, 0.1) is 5.56 Å². The molecule has 1 aromatic heterocycles. The number of hydrogen-bond acceptors (Lipinski definition) is 4. The van der Waals surface area contributed by atoms with Crippen LogP contribution in [0.25, 0.3) is 0 Å². The van der Waals surface area contributed by atoms with Crippen molar-refractivity contribution >= 4 is 11.7 Å². The third kappa shape index (κ3) is 3.26. The van der Waals surface area contributed by atoms with Crippen LogP contribution in [0, 0.1) is 5.82 Å². The number of benzene rings is 1. The number of amides is 1. The maximum absolute atomic E-state index is 12.7. The molecule has 6 heteroatoms. The summed E-state index contributed by atoms with van der Waals surface area (Å²) in [6.45, 7) is 0.304. The monoisotopic (exact) mass is 260 g/mol. The number of nitrogen functional groups attached to an aromatic ring is 1. The molecule has 0 bridgehead atoms. The summed E-state index contributed by atoms with van der Waals surface area (Å²) in [5.41, 5.74) is 3.52. The van der Waals surface area contributed by atoms with Gasteiger partial charge in [0, 0.05) is 12.7 Å². The summed E-state index contributed by atoms with van der Waals surface area (Å²) in [6.07, 6.45) is 1.53. The lowest BCUT2D eigenvalue weighted by Gasteiger charge is -2.08. The third-order valence-corrected chi connectivity index (χ3v) is 2.56. The van der Waals surface area contributed by atoms with E-state index in [4.69, 9.17) is 5.84 Å². The molecule has 0 saturated carbocycles. The Labute approximate surface area is 109 Å². The molecular weight excluding hydrogens is 247 g/mol. The van der Waals surface area contributed by atoms with Gasteiger partial charge in [-0.25, -0.2) is 15.2 Å². The number of nitrogens with one attached hydrogen (secondary N) is 2. The van der Waals surface area contributed by atoms with Gasteiger partial charge < -0.3 is 10.7 Å². The molecule has 1 heterocycles. The topological polar surface area (TPSA) is 80.0 Å². The van der Waals surface area contributed by atoms with Gasteiger partial charge in [-0.1, -0.05) is 12.1 Å². The van der Waals surface area contributed by atoms with E-state index in [-0.39, 0.29) is 11.7 Å². The molecule has 4 N–H and O–H groups in total. The minimum Gasteiger partial charge on any atom is -0.348 e. The zero-order valence-corrected chi connectivity index (χ0v) is 10.1. The van der Waals surface area contributed by atoms with Crippen LogP contribution in [0.3, 0.4) is 0 Å². The average molecular weight is 260 g/mol. The second-order valence-electron chi connectivity index (χ2n) is 3.85. The van der Waals surface area contributed by atoms with Crippen molar-refractivity contribution in [2.75, 3.05) is 5.43 Å². The van der Waals surface area contributed by atoms with Gasteiger partial charge in [0.1, 0.15) is 5.82 Å². The van der Waals surface area contributed by atoms with E-state index in [2.05, 4.69) is 15.7 Å². The van der Waals surface area contributed by atoms with Gasteiger partial charge in [0.2, 0.25) is 0 Å². The zero-order chi connectivity index (χ0) is 13.7. The van der Waals surface area contributed by atoms with Crippen molar-refractivity contribution in [2.45, 2.75) is 6.54 Å². The lowest BCUT2D eigenvalue weighted by molar-refractivity contribution is 0.0951. The molecule has 0 radical (unpaired) electrons. The van der Waals surface area contributed by atoms with Gasteiger partial charge in [0.15, 0.2) is 5.82 Å². The van der Waals surface area contributed by atoms with Crippen LogP contribution in [0.2, 0.25) is 0 Å². The standard InChI is InChI=1S/C13H13FN4O/c14-10-5-3-9(4-6-10)8-17-13(19)11-2-1-7-16-12(11)18-15/h1-7H,8,15H2,(H,16,18)(H,17,19). The second-order valence-corrected chi connectivity index (χ2v) is 3.85. The molecule has 0 fully saturated rings. The van der Waals surface area contributed by atoms with Crippen molar-refractivity contribution in [3.05, 3.63) is 59.5 Å². The number of nitrogens with two attached hydrogens (primary N) is 1. The Morgan fingerprint density at radius 2 is 2.00 bits per heavy atom. The molecule has 0 atom stereocenters. The van der Waals surface area contributed by atoms with Crippen LogP contribution in [-0.2, 0) is 6.54 Å². The number of hydrogen-bond donors (Lipinski definition) is 3. The van der Waals surface area contributed by atoms with Gasteiger partial charge in [0.25, 0.3) is 5.91 Å². The van der Waals surface area contributed by atoms with E-state index in [1.807, 2.05) is 0 Å². The highest BCUT2D eigenvalue weighted by Gasteiger charge is 2.10. The molecule has 1 aromatic carbocycles. The van der Waals surface area contributed by atoms with Crippen LogP contribution in [0.1, 0.15) is 15.9 Å². The van der Waals surface area contributed by atoms with Crippen LogP contribution in [0.4, 0.5) is 10.2 Å². The van der Waals surface area contributed by atoms with Crippen molar-refractivity contribution < 1.29 is 9.18 Å². The first-order valence-corrected chi connectivity index (χ1v) is 5.65. The van der Waals surface area contributed by atoms with Crippen molar-refractivity contribution in [3.8, 4) is 0 Å². The molecule has 98 valence electrons. The first-order valence-electron chi connectivity index (χ1n) is 5.65. The summed E-state index contributed by atoms with van der Waals surface area (Å²) in [6, 6.07) is 9.18. The fourth-order valence-electron chi connectivity index (χ4n) is 1.58. The summed E-state index contributed by atoms with van der Waals surface area (Å²) >= 11 is 0. The smallest absolute Gasteiger partial charge is 0.255 e. The second kappa shape index (κ2) is 5.92. The summed E-state index contributed by atoms with van der Waals surface area (Å²) in [7, 11) is 0. The number of nitrogens with zero attached hydrogens (tertiary/aromatic N) is 1. The number of carbonyl (C=O) groups is 1. The Morgan fingerprint density at radius 3 is 2.68 bits per heavy atom. The fraction of sp³-hybridized carbons (Fsp3) is 0.0769. The van der Waals surface area contributed by atoms with Crippen LogP contribution < -0.4 is 16.6 Å². The Bertz CT molecular complexity index is 571. The van der Waals surface area contributed by atoms with Gasteiger partial charge in [-0.15, -0.1) is 0 Å². The summed E-state index contributed by atoms with van der Waals surface area (Å²) in [5.74, 6) is 4.97. The molecule has 0 aliphatic carbocycles. The van der Waals surface area contributed by atoms with Gasteiger partial charge in [-0.05, 0) is 29.8 Å². The number of halogens is 1. The Morgan fingerprint density at radius 1 is 1.26 bits per heavy atom. The van der Waals surface area contributed by atoms with E-state index in [0.717, 1.165) is 5.56 Å². The van der Waals surface area contributed by atoms with E-state index < -0.39 is 0 Å². The molecule has 0 unspecified atom stereocenters. The highest BCUT2D eigenvalue weighted by molar-refractivity contribution is 5.98. The normalized spacial score (nSPS) is 10.0. The largest absolute Gasteiger partial charge is 0.348 e. The minimum atomic E-state index is -0.308. The number of hydrazine groups is 1. The summed E-state index contributed by atoms with van der Waals surface area (Å²) in [4.78, 5) is 15.9. The molecule has 2 aromatic rings.